The molecule has 2 heteroatoms. The summed E-state index contributed by atoms with van der Waals surface area (Å²) in [5, 5.41) is 4.31. The Morgan fingerprint density at radius 1 is 0.400 bits per heavy atom. The zero-order valence-corrected chi connectivity index (χ0v) is 13.0. The van der Waals surface area contributed by atoms with Gasteiger partial charge in [0.05, 0.1) is 7.92 Å². The summed E-state index contributed by atoms with van der Waals surface area (Å²) in [4.78, 5) is 0. The SMILES string of the molecule is [Co].c1ccc([PH+](c2ccccc2)c2ccccc2)cc1. The third kappa shape index (κ3) is 3.37. The standard InChI is InChI=1S/C18H15P.Co/c1-4-10-16(11-5-1)19(17-12-6-2-7-13-17)18-14-8-3-9-15-18;/h1-15H;/p+1. The van der Waals surface area contributed by atoms with E-state index in [4.69, 9.17) is 0 Å². The molecule has 101 valence electrons. The van der Waals surface area contributed by atoms with Crippen molar-refractivity contribution < 1.29 is 16.8 Å². The van der Waals surface area contributed by atoms with Crippen molar-refractivity contribution in [2.45, 2.75) is 0 Å². The minimum absolute atomic E-state index is 0. The smallest absolute Gasteiger partial charge is 0.0620 e. The molecule has 3 aromatic carbocycles. The molecule has 0 nitrogen and oxygen atoms in total. The second-order valence-electron chi connectivity index (χ2n) is 4.47. The minimum atomic E-state index is -0.877. The van der Waals surface area contributed by atoms with E-state index in [0.29, 0.717) is 0 Å². The average Bonchev–Trinajstić information content (AvgIpc) is 2.51. The summed E-state index contributed by atoms with van der Waals surface area (Å²) < 4.78 is 0. The summed E-state index contributed by atoms with van der Waals surface area (Å²) in [5.41, 5.74) is 0. The van der Waals surface area contributed by atoms with Crippen molar-refractivity contribution in [2.75, 3.05) is 0 Å². The first-order valence-electron chi connectivity index (χ1n) is 6.48. The maximum atomic E-state index is 2.24. The van der Waals surface area contributed by atoms with Gasteiger partial charge >= 0.3 is 0 Å². The second kappa shape index (κ2) is 7.40. The molecule has 3 rings (SSSR count). The largest absolute Gasteiger partial charge is 0.102 e. The van der Waals surface area contributed by atoms with Crippen LogP contribution >= 0.6 is 7.92 Å². The fourth-order valence-electron chi connectivity index (χ4n) is 2.31. The second-order valence-corrected chi connectivity index (χ2v) is 6.96. The zero-order chi connectivity index (χ0) is 12.9. The van der Waals surface area contributed by atoms with Gasteiger partial charge in [-0.05, 0) is 36.4 Å². The van der Waals surface area contributed by atoms with E-state index in [2.05, 4.69) is 91.0 Å². The molecule has 3 aromatic rings. The van der Waals surface area contributed by atoms with Gasteiger partial charge in [0.25, 0.3) is 0 Å². The zero-order valence-electron chi connectivity index (χ0n) is 11.0. The molecule has 0 atom stereocenters. The summed E-state index contributed by atoms with van der Waals surface area (Å²) in [5.74, 6) is 0. The van der Waals surface area contributed by atoms with Gasteiger partial charge < -0.3 is 0 Å². The molecule has 0 saturated carbocycles. The van der Waals surface area contributed by atoms with E-state index in [0.717, 1.165) is 0 Å². The van der Waals surface area contributed by atoms with Crippen LogP contribution in [0.5, 0.6) is 0 Å². The molecule has 0 aromatic heterocycles. The number of hydrogen-bond donors (Lipinski definition) is 0. The van der Waals surface area contributed by atoms with Crippen molar-refractivity contribution in [3.05, 3.63) is 91.0 Å². The number of hydrogen-bond acceptors (Lipinski definition) is 0. The Balaban J connectivity index is 0.00000147. The first kappa shape index (κ1) is 15.0. The molecular formula is C18H16CoP+. The van der Waals surface area contributed by atoms with Gasteiger partial charge in [0, 0.05) is 16.8 Å². The first-order chi connectivity index (χ1) is 9.45. The maximum absolute atomic E-state index is 2.24. The molecule has 0 aliphatic rings. The quantitative estimate of drug-likeness (QED) is 0.650. The minimum Gasteiger partial charge on any atom is -0.0620 e. The predicted molar refractivity (Wildman–Crippen MR) is 86.5 cm³/mol. The molecule has 20 heavy (non-hydrogen) atoms. The van der Waals surface area contributed by atoms with Crippen molar-refractivity contribution in [3.8, 4) is 0 Å². The predicted octanol–water partition coefficient (Wildman–Crippen LogP) is 3.17. The van der Waals surface area contributed by atoms with Gasteiger partial charge in [-0.25, -0.2) is 0 Å². The molecular weight excluding hydrogens is 306 g/mol. The summed E-state index contributed by atoms with van der Waals surface area (Å²) >= 11 is 0. The van der Waals surface area contributed by atoms with Crippen molar-refractivity contribution in [2.24, 2.45) is 0 Å². The summed E-state index contributed by atoms with van der Waals surface area (Å²) in [6.07, 6.45) is 0. The Morgan fingerprint density at radius 3 is 0.900 bits per heavy atom. The van der Waals surface area contributed by atoms with Crippen molar-refractivity contribution in [1.82, 2.24) is 0 Å². The fraction of sp³-hybridized carbons (Fsp3) is 0. The molecule has 0 amide bonds. The molecule has 0 fully saturated rings. The van der Waals surface area contributed by atoms with Crippen LogP contribution in [0, 0.1) is 0 Å². The summed E-state index contributed by atoms with van der Waals surface area (Å²) in [6, 6.07) is 32.5. The van der Waals surface area contributed by atoms with Crippen LogP contribution in [0.2, 0.25) is 0 Å². The van der Waals surface area contributed by atoms with Crippen molar-refractivity contribution in [3.63, 3.8) is 0 Å². The molecule has 0 saturated heterocycles. The van der Waals surface area contributed by atoms with E-state index in [1.807, 2.05) is 0 Å². The van der Waals surface area contributed by atoms with Crippen LogP contribution in [0.1, 0.15) is 0 Å². The van der Waals surface area contributed by atoms with Gasteiger partial charge in [-0.3, -0.25) is 0 Å². The Kier molecular flexibility index (Phi) is 5.55. The topological polar surface area (TPSA) is 0 Å². The molecule has 1 radical (unpaired) electrons. The van der Waals surface area contributed by atoms with Gasteiger partial charge in [-0.2, -0.15) is 0 Å². The Hall–Kier alpha value is -1.40. The van der Waals surface area contributed by atoms with Gasteiger partial charge in [-0.1, -0.05) is 54.6 Å². The monoisotopic (exact) mass is 322 g/mol. The van der Waals surface area contributed by atoms with Gasteiger partial charge in [0.15, 0.2) is 0 Å². The average molecular weight is 322 g/mol. The molecule has 0 aliphatic heterocycles. The number of benzene rings is 3. The van der Waals surface area contributed by atoms with Gasteiger partial charge in [0.1, 0.15) is 15.9 Å². The van der Waals surface area contributed by atoms with Gasteiger partial charge in [-0.15, -0.1) is 0 Å². The first-order valence-corrected chi connectivity index (χ1v) is 7.98. The third-order valence-electron chi connectivity index (χ3n) is 3.19. The molecule has 0 aliphatic carbocycles. The Labute approximate surface area is 131 Å². The molecule has 0 heterocycles. The van der Waals surface area contributed by atoms with E-state index in [-0.39, 0.29) is 16.8 Å². The fourth-order valence-corrected chi connectivity index (χ4v) is 4.89. The molecule has 0 bridgehead atoms. The summed E-state index contributed by atoms with van der Waals surface area (Å²) in [7, 11) is -0.877. The van der Waals surface area contributed by atoms with Crippen LogP contribution in [-0.4, -0.2) is 0 Å². The van der Waals surface area contributed by atoms with Crippen LogP contribution in [0.25, 0.3) is 0 Å². The van der Waals surface area contributed by atoms with Crippen LogP contribution < -0.4 is 15.9 Å². The van der Waals surface area contributed by atoms with Crippen LogP contribution in [-0.2, 0) is 16.8 Å². The number of rotatable bonds is 3. The van der Waals surface area contributed by atoms with Crippen molar-refractivity contribution in [1.29, 1.82) is 0 Å². The summed E-state index contributed by atoms with van der Waals surface area (Å²) in [6.45, 7) is 0. The van der Waals surface area contributed by atoms with E-state index in [9.17, 15) is 0 Å². The normalized spacial score (nSPS) is 10.1. The van der Waals surface area contributed by atoms with Crippen LogP contribution in [0.4, 0.5) is 0 Å². The van der Waals surface area contributed by atoms with Crippen LogP contribution in [0.3, 0.4) is 0 Å². The van der Waals surface area contributed by atoms with E-state index in [1.54, 1.807) is 0 Å². The van der Waals surface area contributed by atoms with Crippen LogP contribution in [0.15, 0.2) is 91.0 Å². The van der Waals surface area contributed by atoms with Crippen molar-refractivity contribution >= 4 is 23.8 Å². The van der Waals surface area contributed by atoms with Gasteiger partial charge in [0.2, 0.25) is 0 Å². The molecule has 0 spiro atoms. The molecule has 0 unspecified atom stereocenters. The Morgan fingerprint density at radius 2 is 0.650 bits per heavy atom. The maximum Gasteiger partial charge on any atom is 0.102 e. The third-order valence-corrected chi connectivity index (χ3v) is 5.92. The molecule has 0 N–H and O–H groups in total. The van der Waals surface area contributed by atoms with E-state index < -0.39 is 7.92 Å². The Bertz CT molecular complexity index is 529. The van der Waals surface area contributed by atoms with E-state index >= 15 is 0 Å². The van der Waals surface area contributed by atoms with E-state index in [1.165, 1.54) is 15.9 Å².